The third-order valence-corrected chi connectivity index (χ3v) is 11.2. The molecule has 2 aromatic rings. The minimum atomic E-state index is -3.94. The van der Waals surface area contributed by atoms with Crippen LogP contribution in [0.15, 0.2) is 58.3 Å². The van der Waals surface area contributed by atoms with Crippen molar-refractivity contribution in [3.8, 4) is 0 Å². The summed E-state index contributed by atoms with van der Waals surface area (Å²) in [5.41, 5.74) is 1.52. The Kier molecular flexibility index (Phi) is 4.55. The molecule has 1 atom stereocenters. The lowest BCUT2D eigenvalue weighted by molar-refractivity contribution is 0.581. The number of hydrogen-bond donors (Lipinski definition) is 0. The zero-order chi connectivity index (χ0) is 20.2. The van der Waals surface area contributed by atoms with E-state index in [4.69, 9.17) is 0 Å². The lowest BCUT2D eigenvalue weighted by Gasteiger charge is -2.20. The summed E-state index contributed by atoms with van der Waals surface area (Å²) in [6, 6.07) is 12.4. The minimum absolute atomic E-state index is 0.0289. The Morgan fingerprint density at radius 2 is 1.64 bits per heavy atom. The first-order chi connectivity index (χ1) is 13.1. The van der Waals surface area contributed by atoms with Crippen molar-refractivity contribution in [3.63, 3.8) is 0 Å². The van der Waals surface area contributed by atoms with E-state index >= 15 is 0 Å². The first kappa shape index (κ1) is 19.4. The third kappa shape index (κ3) is 3.23. The van der Waals surface area contributed by atoms with E-state index in [1.54, 1.807) is 12.1 Å². The van der Waals surface area contributed by atoms with E-state index in [0.29, 0.717) is 18.7 Å². The molecule has 1 fully saturated rings. The molecule has 150 valence electrons. The molecule has 28 heavy (non-hydrogen) atoms. The van der Waals surface area contributed by atoms with E-state index in [9.17, 15) is 25.3 Å². The van der Waals surface area contributed by atoms with Crippen LogP contribution in [0.5, 0.6) is 0 Å². The van der Waals surface area contributed by atoms with Crippen LogP contribution in [-0.2, 0) is 36.1 Å². The molecule has 4 rings (SSSR count). The fourth-order valence-corrected chi connectivity index (χ4v) is 9.72. The molecule has 0 aliphatic carbocycles. The second-order valence-electron chi connectivity index (χ2n) is 7.00. The average molecular weight is 442 g/mol. The fraction of sp³-hybridized carbons (Fsp3) is 0.333. The van der Waals surface area contributed by atoms with Crippen LogP contribution in [0, 0.1) is 0 Å². The van der Waals surface area contributed by atoms with Crippen molar-refractivity contribution >= 4 is 35.4 Å². The van der Waals surface area contributed by atoms with Crippen LogP contribution in [-0.4, -0.2) is 48.6 Å². The molecule has 2 heterocycles. The maximum absolute atomic E-state index is 13.1. The van der Waals surface area contributed by atoms with Crippen LogP contribution in [0.1, 0.15) is 12.0 Å². The van der Waals surface area contributed by atoms with E-state index in [0.717, 1.165) is 11.6 Å². The number of fused-ring (bicyclic) bond motifs is 1. The third-order valence-electron chi connectivity index (χ3n) is 5.20. The number of hydrogen-bond acceptors (Lipinski definition) is 6. The molecule has 0 aromatic heterocycles. The maximum atomic E-state index is 13.1. The largest absolute Gasteiger partial charge is 0.266 e. The lowest BCUT2D eigenvalue weighted by atomic mass is 10.2. The highest BCUT2D eigenvalue weighted by Crippen LogP contribution is 2.34. The molecule has 7 nitrogen and oxygen atoms in total. The number of rotatable bonds is 4. The monoisotopic (exact) mass is 441 g/mol. The predicted octanol–water partition coefficient (Wildman–Crippen LogP) is 1.40. The molecule has 2 aliphatic rings. The van der Waals surface area contributed by atoms with E-state index in [-0.39, 0.29) is 22.0 Å². The summed E-state index contributed by atoms with van der Waals surface area (Å²) in [5.74, 6) is -0.592. The smallest absolute Gasteiger partial charge is 0.264 e. The molecule has 0 spiro atoms. The summed E-state index contributed by atoms with van der Waals surface area (Å²) < 4.78 is 76.6. The maximum Gasteiger partial charge on any atom is 0.264 e. The van der Waals surface area contributed by atoms with E-state index in [1.165, 1.54) is 22.5 Å². The molecule has 1 unspecified atom stereocenters. The molecule has 0 saturated carbocycles. The zero-order valence-electron chi connectivity index (χ0n) is 14.9. The van der Waals surface area contributed by atoms with Crippen molar-refractivity contribution in [3.05, 3.63) is 54.1 Å². The molecule has 0 N–H and O–H groups in total. The van der Waals surface area contributed by atoms with Gasteiger partial charge in [0, 0.05) is 6.54 Å². The van der Waals surface area contributed by atoms with Crippen molar-refractivity contribution < 1.29 is 25.3 Å². The second-order valence-corrected chi connectivity index (χ2v) is 13.3. The number of benzene rings is 2. The Balaban J connectivity index is 1.72. The van der Waals surface area contributed by atoms with Gasteiger partial charge in [-0.05, 0) is 42.7 Å². The quantitative estimate of drug-likeness (QED) is 0.710. The molecule has 2 aliphatic heterocycles. The van der Waals surface area contributed by atoms with Gasteiger partial charge in [-0.25, -0.2) is 25.3 Å². The minimum Gasteiger partial charge on any atom is -0.266 e. The number of anilines is 1. The summed E-state index contributed by atoms with van der Waals surface area (Å²) in [6.07, 6.45) is 0.620. The van der Waals surface area contributed by atoms with Crippen molar-refractivity contribution in [1.29, 1.82) is 0 Å². The predicted molar refractivity (Wildman–Crippen MR) is 105 cm³/mol. The number of sulfonamides is 1. The average Bonchev–Trinajstić information content (AvgIpc) is 3.25. The highest BCUT2D eigenvalue weighted by molar-refractivity contribution is 7.96. The standard InChI is InChI=1S/C18H19NO6S3/c20-26(21)11-9-17(13-26)27(22,23)15-5-3-6-16(12-15)28(24,25)19-10-8-14-4-1-2-7-18(14)19/h1-7,12,17H,8-11,13H2. The molecule has 10 heteroatoms. The molecular formula is C18H19NO6S3. The van der Waals surface area contributed by atoms with Gasteiger partial charge in [0.2, 0.25) is 0 Å². The number of sulfone groups is 2. The first-order valence-corrected chi connectivity index (χ1v) is 13.6. The van der Waals surface area contributed by atoms with Crippen LogP contribution in [0.2, 0.25) is 0 Å². The van der Waals surface area contributed by atoms with Crippen LogP contribution < -0.4 is 4.31 Å². The van der Waals surface area contributed by atoms with Crippen molar-refractivity contribution in [2.24, 2.45) is 0 Å². The fourth-order valence-electron chi connectivity index (χ4n) is 3.69. The van der Waals surface area contributed by atoms with E-state index in [1.807, 2.05) is 12.1 Å². The first-order valence-electron chi connectivity index (χ1n) is 8.76. The molecule has 2 aromatic carbocycles. The van der Waals surface area contributed by atoms with Gasteiger partial charge < -0.3 is 0 Å². The van der Waals surface area contributed by atoms with Crippen molar-refractivity contribution in [2.45, 2.75) is 27.9 Å². The van der Waals surface area contributed by atoms with Gasteiger partial charge in [0.15, 0.2) is 19.7 Å². The van der Waals surface area contributed by atoms with E-state index < -0.39 is 40.7 Å². The van der Waals surface area contributed by atoms with Gasteiger partial charge in [0.1, 0.15) is 0 Å². The summed E-state index contributed by atoms with van der Waals surface area (Å²) in [7, 11) is -11.2. The van der Waals surface area contributed by atoms with Crippen LogP contribution >= 0.6 is 0 Å². The van der Waals surface area contributed by atoms with Gasteiger partial charge in [0.05, 0.1) is 32.2 Å². The Labute approximate surface area is 164 Å². The Hall–Kier alpha value is -1.91. The summed E-state index contributed by atoms with van der Waals surface area (Å²) >= 11 is 0. The van der Waals surface area contributed by atoms with Gasteiger partial charge in [0.25, 0.3) is 10.0 Å². The normalized spacial score (nSPS) is 21.6. The second kappa shape index (κ2) is 6.57. The van der Waals surface area contributed by atoms with Crippen LogP contribution in [0.4, 0.5) is 5.69 Å². The number of para-hydroxylation sites is 1. The van der Waals surface area contributed by atoms with Gasteiger partial charge in [-0.15, -0.1) is 0 Å². The Bertz CT molecular complexity index is 1250. The molecule has 1 saturated heterocycles. The topological polar surface area (TPSA) is 106 Å². The summed E-state index contributed by atoms with van der Waals surface area (Å²) in [4.78, 5) is -0.283. The molecule has 0 radical (unpaired) electrons. The Morgan fingerprint density at radius 1 is 0.929 bits per heavy atom. The number of nitrogens with zero attached hydrogens (tertiary/aromatic N) is 1. The zero-order valence-corrected chi connectivity index (χ0v) is 17.3. The van der Waals surface area contributed by atoms with Gasteiger partial charge in [-0.3, -0.25) is 4.31 Å². The van der Waals surface area contributed by atoms with Gasteiger partial charge >= 0.3 is 0 Å². The Morgan fingerprint density at radius 3 is 2.36 bits per heavy atom. The summed E-state index contributed by atoms with van der Waals surface area (Å²) in [5, 5.41) is -1.04. The highest BCUT2D eigenvalue weighted by Gasteiger charge is 2.39. The molecule has 0 bridgehead atoms. The van der Waals surface area contributed by atoms with Crippen molar-refractivity contribution in [1.82, 2.24) is 0 Å². The van der Waals surface area contributed by atoms with Gasteiger partial charge in [-0.1, -0.05) is 24.3 Å². The van der Waals surface area contributed by atoms with E-state index in [2.05, 4.69) is 0 Å². The van der Waals surface area contributed by atoms with Crippen LogP contribution in [0.25, 0.3) is 0 Å². The van der Waals surface area contributed by atoms with Gasteiger partial charge in [-0.2, -0.15) is 0 Å². The highest BCUT2D eigenvalue weighted by atomic mass is 32.2. The molecular weight excluding hydrogens is 422 g/mol. The lowest BCUT2D eigenvalue weighted by Crippen LogP contribution is -2.29. The SMILES string of the molecule is O=S1(=O)CCC(S(=O)(=O)c2cccc(S(=O)(=O)N3CCc4ccccc43)c2)C1. The molecule has 0 amide bonds. The summed E-state index contributed by atoms with van der Waals surface area (Å²) in [6.45, 7) is 0.291. The van der Waals surface area contributed by atoms with Crippen molar-refractivity contribution in [2.75, 3.05) is 22.4 Å². The van der Waals surface area contributed by atoms with Crippen LogP contribution in [0.3, 0.4) is 0 Å².